The van der Waals surface area contributed by atoms with Crippen LogP contribution < -0.4 is 0 Å². The summed E-state index contributed by atoms with van der Waals surface area (Å²) in [6.07, 6.45) is 55.7. The molecule has 2 aliphatic carbocycles. The Kier molecular flexibility index (Phi) is 36.2. The van der Waals surface area contributed by atoms with Gasteiger partial charge in [0.25, 0.3) is 0 Å². The molecule has 0 amide bonds. The van der Waals surface area contributed by atoms with Crippen LogP contribution in [0.4, 0.5) is 0 Å². The normalized spacial score (nSPS) is 14.5. The van der Waals surface area contributed by atoms with Crippen LogP contribution in [0.5, 0.6) is 0 Å². The van der Waals surface area contributed by atoms with Gasteiger partial charge in [0.05, 0.1) is 11.8 Å². The van der Waals surface area contributed by atoms with E-state index in [9.17, 15) is 0 Å². The van der Waals surface area contributed by atoms with Crippen molar-refractivity contribution in [2.75, 3.05) is 0 Å². The first-order valence-electron chi connectivity index (χ1n) is 41.3. The maximum atomic E-state index is 15.9. The molecular weight excluding hydrogens is 1180 g/mol. The van der Waals surface area contributed by atoms with Crippen molar-refractivity contribution in [1.82, 2.24) is 0 Å². The van der Waals surface area contributed by atoms with E-state index in [0.717, 1.165) is 208 Å². The number of hydrogen-bond acceptors (Lipinski definition) is 6. The maximum Gasteiger partial charge on any atom is 0.314 e. The summed E-state index contributed by atoms with van der Waals surface area (Å²) in [5.41, 5.74) is 4.44. The average Bonchev–Trinajstić information content (AvgIpc) is 0.691. The molecule has 96 heavy (non-hydrogen) atoms. The summed E-state index contributed by atoms with van der Waals surface area (Å²) < 4.78 is 14.1. The summed E-state index contributed by atoms with van der Waals surface area (Å²) in [5, 5.41) is 7.77. The third kappa shape index (κ3) is 22.6. The van der Waals surface area contributed by atoms with Gasteiger partial charge in [0.1, 0.15) is 11.5 Å². The van der Waals surface area contributed by atoms with Gasteiger partial charge in [-0.25, -0.2) is 0 Å². The van der Waals surface area contributed by atoms with Crippen LogP contribution in [0, 0.1) is 23.7 Å². The van der Waals surface area contributed by atoms with Crippen molar-refractivity contribution in [1.29, 1.82) is 0 Å². The molecule has 6 heteroatoms. The van der Waals surface area contributed by atoms with E-state index in [1.165, 1.54) is 154 Å². The van der Waals surface area contributed by atoms with E-state index in [1.54, 1.807) is 0 Å². The highest BCUT2D eigenvalue weighted by atomic mass is 16.5. The first kappa shape index (κ1) is 78.5. The highest BCUT2D eigenvalue weighted by Gasteiger charge is 2.38. The van der Waals surface area contributed by atoms with E-state index in [4.69, 9.17) is 9.47 Å². The second-order valence-corrected chi connectivity index (χ2v) is 30.4. The van der Waals surface area contributed by atoms with E-state index >= 15 is 19.2 Å². The molecule has 0 saturated carbocycles. The zero-order valence-corrected chi connectivity index (χ0v) is 62.7. The van der Waals surface area contributed by atoms with Gasteiger partial charge in [-0.3, -0.25) is 19.2 Å². The second-order valence-electron chi connectivity index (χ2n) is 30.4. The minimum absolute atomic E-state index is 0.00277. The summed E-state index contributed by atoms with van der Waals surface area (Å²) in [7, 11) is 0. The minimum atomic E-state index is -0.229. The number of carbonyl (C=O) groups is 4. The molecule has 7 rings (SSSR count). The molecule has 6 nitrogen and oxygen atoms in total. The third-order valence-corrected chi connectivity index (χ3v) is 22.5. The average molecular weight is 1310 g/mol. The fourth-order valence-corrected chi connectivity index (χ4v) is 16.6. The number of hydrogen-bond donors (Lipinski definition) is 0. The van der Waals surface area contributed by atoms with E-state index in [1.807, 2.05) is 0 Å². The van der Waals surface area contributed by atoms with Crippen molar-refractivity contribution in [2.24, 2.45) is 23.7 Å². The predicted octanol–water partition coefficient (Wildman–Crippen LogP) is 28.8. The smallest absolute Gasteiger partial charge is 0.314 e. The number of ether oxygens (including phenoxy) is 2. The zero-order valence-electron chi connectivity index (χ0n) is 62.7. The van der Waals surface area contributed by atoms with Gasteiger partial charge in [-0.2, -0.15) is 0 Å². The molecule has 0 spiro atoms. The molecule has 0 radical (unpaired) electrons. The van der Waals surface area contributed by atoms with Gasteiger partial charge in [-0.15, -0.1) is 0 Å². The Morgan fingerprint density at radius 1 is 0.271 bits per heavy atom. The highest BCUT2D eigenvalue weighted by Crippen LogP contribution is 2.51. The van der Waals surface area contributed by atoms with Crippen molar-refractivity contribution < 1.29 is 28.7 Å². The molecule has 0 aromatic heterocycles. The van der Waals surface area contributed by atoms with Gasteiger partial charge in [0.2, 0.25) is 0 Å². The summed E-state index contributed by atoms with van der Waals surface area (Å²) in [4.78, 5) is 62.4. The zero-order chi connectivity index (χ0) is 68.3. The molecule has 0 fully saturated rings. The van der Waals surface area contributed by atoms with E-state index in [-0.39, 0.29) is 35.3 Å². The van der Waals surface area contributed by atoms with Crippen LogP contribution >= 0.6 is 0 Å². The predicted molar refractivity (Wildman–Crippen MR) is 413 cm³/mol. The fraction of sp³-hybridized carbons (Fsp3) is 0.689. The molecule has 0 bridgehead atoms. The maximum absolute atomic E-state index is 15.9. The molecule has 0 aliphatic heterocycles. The summed E-state index contributed by atoms with van der Waals surface area (Å²) in [6.45, 7) is 18.1. The Morgan fingerprint density at radius 3 is 0.750 bits per heavy atom. The molecule has 5 aromatic carbocycles. The SMILES string of the molecule is CCCCCCCCC(CCCCCC)CC1=C(OC(=O)C(CCCCCC)CCCCCCCC)c2ccc3c4ccc5c6c(ccc(c7ccc(c2c73)C1=O)c64)C(OC(=O)C(CCCCCC)CCCCCCCC)=C(CC(CCCCCC)CCCCCCCC)C5=O. The Labute approximate surface area is 585 Å². The van der Waals surface area contributed by atoms with E-state index < -0.39 is 0 Å². The number of allylic oxidation sites excluding steroid dienone is 2. The Balaban J connectivity index is 1.38. The molecule has 532 valence electrons. The molecule has 5 aromatic rings. The van der Waals surface area contributed by atoms with E-state index in [2.05, 4.69) is 104 Å². The van der Waals surface area contributed by atoms with Crippen LogP contribution in [0.15, 0.2) is 59.7 Å². The van der Waals surface area contributed by atoms with Crippen LogP contribution in [0.1, 0.15) is 408 Å². The topological polar surface area (TPSA) is 86.7 Å². The molecule has 0 saturated heterocycles. The van der Waals surface area contributed by atoms with Crippen LogP contribution in [-0.4, -0.2) is 23.5 Å². The molecule has 0 heterocycles. The number of carbonyl (C=O) groups excluding carboxylic acids is 4. The molecule has 0 N–H and O–H groups in total. The number of benzene rings is 5. The lowest BCUT2D eigenvalue weighted by molar-refractivity contribution is -0.142. The quantitative estimate of drug-likeness (QED) is 0.0167. The monoisotopic (exact) mass is 1310 g/mol. The number of fused-ring (bicyclic) bond motifs is 2. The van der Waals surface area contributed by atoms with E-state index in [0.29, 0.717) is 58.5 Å². The van der Waals surface area contributed by atoms with Gasteiger partial charge in [0.15, 0.2) is 11.6 Å². The number of Topliss-reactive ketones (excluding diaryl/α,β-unsaturated/α-hetero) is 2. The second kappa shape index (κ2) is 44.3. The van der Waals surface area contributed by atoms with Crippen LogP contribution in [0.3, 0.4) is 0 Å². The molecule has 4 atom stereocenters. The summed E-state index contributed by atoms with van der Waals surface area (Å²) in [6, 6.07) is 17.2. The standard InChI is InChI=1S/C90H136O6/c1-9-17-25-33-37-43-51-67(49-41-29-21-13-5)65-79-85(91)75-61-57-71-74-60-64-78-84-76(62-58-72(82(74)84)73-59-63-77(83(75)81(71)73)87(79)95-89(93)69(53-45-31-23-15-7)55-47-39-35-27-19-11-3)86(92)80(66-68(50-42-30-22-14-6)52-44-38-34-26-18-10-2)88(78)96-90(94)70(54-46-32-24-16-8)56-48-40-36-28-20-12-4/h57-64,67-70H,9-56,65-66H2,1-8H3. The third-order valence-electron chi connectivity index (χ3n) is 22.5. The summed E-state index contributed by atoms with van der Waals surface area (Å²) in [5.74, 6) is 0.803. The first-order valence-corrected chi connectivity index (χ1v) is 41.3. The lowest BCUT2D eigenvalue weighted by Gasteiger charge is -2.29. The fourth-order valence-electron chi connectivity index (χ4n) is 16.6. The number of rotatable bonds is 56. The van der Waals surface area contributed by atoms with Crippen LogP contribution in [0.25, 0.3) is 54.6 Å². The first-order chi connectivity index (χ1) is 47.1. The largest absolute Gasteiger partial charge is 0.425 e. The van der Waals surface area contributed by atoms with Gasteiger partial charge >= 0.3 is 11.9 Å². The number of ketones is 2. The molecule has 2 aliphatic rings. The number of esters is 2. The minimum Gasteiger partial charge on any atom is -0.425 e. The van der Waals surface area contributed by atoms with Crippen molar-refractivity contribution in [3.63, 3.8) is 0 Å². The lowest BCUT2D eigenvalue weighted by Crippen LogP contribution is -2.23. The van der Waals surface area contributed by atoms with Gasteiger partial charge < -0.3 is 9.47 Å². The van der Waals surface area contributed by atoms with Gasteiger partial charge in [-0.1, -0.05) is 362 Å². The Hall–Kier alpha value is -4.84. The van der Waals surface area contributed by atoms with Crippen molar-refractivity contribution >= 4 is 78.1 Å². The van der Waals surface area contributed by atoms with Gasteiger partial charge in [-0.05, 0) is 107 Å². The van der Waals surface area contributed by atoms with Crippen molar-refractivity contribution in [2.45, 2.75) is 376 Å². The van der Waals surface area contributed by atoms with Crippen LogP contribution in [0.2, 0.25) is 0 Å². The lowest BCUT2D eigenvalue weighted by atomic mass is 9.76. The number of unbranched alkanes of at least 4 members (excludes halogenated alkanes) is 32. The molecule has 4 unspecified atom stereocenters. The van der Waals surface area contributed by atoms with Crippen LogP contribution in [-0.2, 0) is 19.1 Å². The Bertz CT molecular complexity index is 2960. The highest BCUT2D eigenvalue weighted by molar-refractivity contribution is 6.40. The Morgan fingerprint density at radius 2 is 0.490 bits per heavy atom. The summed E-state index contributed by atoms with van der Waals surface area (Å²) >= 11 is 0. The van der Waals surface area contributed by atoms with Gasteiger partial charge in [0, 0.05) is 44.2 Å². The van der Waals surface area contributed by atoms with Crippen molar-refractivity contribution in [3.05, 3.63) is 81.9 Å². The van der Waals surface area contributed by atoms with Crippen molar-refractivity contribution in [3.8, 4) is 0 Å². The molecular formula is C90H136O6.